The van der Waals surface area contributed by atoms with Gasteiger partial charge in [-0.05, 0) is 75.2 Å². The molecular weight excluding hydrogens is 1280 g/mol. The Labute approximate surface area is 610 Å². The molecule has 0 aromatic rings. The Morgan fingerprint density at radius 2 is 0.280 bits per heavy atom. The SMILES string of the molecule is CCC[N+]1(C)CCOCC1.CCC[N+]1(C)CCOCC1.CCC[N+]1(C)CCOCC1.CCC[N+]1(C)CCOCC1.CCC[N+]1(C)CCOCC1.CCC[N+]1(C)CCOCC1.CCC[N+]1(C)CCOCC1.CCC[N+]1(C)CCOCC1.N#CB([O-])[O-].N#CB([O-])[O-].N#CB([O-])[O-].N#CB([O-])[O-]. The van der Waals surface area contributed by atoms with Gasteiger partial charge in [-0.1, -0.05) is 55.4 Å². The van der Waals surface area contributed by atoms with Crippen LogP contribution in [0.2, 0.25) is 0 Å². The molecule has 0 amide bonds. The van der Waals surface area contributed by atoms with Crippen molar-refractivity contribution >= 4 is 28.5 Å². The van der Waals surface area contributed by atoms with Crippen molar-refractivity contribution in [2.24, 2.45) is 0 Å². The van der Waals surface area contributed by atoms with E-state index in [1.807, 2.05) is 0 Å². The maximum atomic E-state index is 8.98. The lowest BCUT2D eigenvalue weighted by atomic mass is 9.97. The van der Waals surface area contributed by atoms with E-state index >= 15 is 0 Å². The number of morpholine rings is 8. The molecule has 0 saturated carbocycles. The molecule has 8 fully saturated rings. The molecule has 28 nitrogen and oxygen atoms in total. The number of rotatable bonds is 16. The van der Waals surface area contributed by atoms with Crippen LogP contribution in [-0.4, -0.2) is 384 Å². The second-order valence-electron chi connectivity index (χ2n) is 29.1. The van der Waals surface area contributed by atoms with Crippen LogP contribution in [0, 0.1) is 44.9 Å². The lowest BCUT2D eigenvalue weighted by Crippen LogP contribution is -2.52. The van der Waals surface area contributed by atoms with Crippen molar-refractivity contribution < 1.29 is 114 Å². The van der Waals surface area contributed by atoms with Crippen molar-refractivity contribution in [2.75, 3.05) is 319 Å². The smallest absolute Gasteiger partial charge is 0.102 e. The molecule has 0 atom stereocenters. The average molecular weight is 1430 g/mol. The molecule has 8 aliphatic rings. The van der Waals surface area contributed by atoms with Crippen LogP contribution in [0.4, 0.5) is 0 Å². The van der Waals surface area contributed by atoms with Crippen LogP contribution >= 0.6 is 0 Å². The topological polar surface area (TPSA) is 353 Å². The maximum Gasteiger partial charge on any atom is 0.102 e. The van der Waals surface area contributed by atoms with Crippen LogP contribution in [0.25, 0.3) is 0 Å². The minimum Gasteiger partial charge on any atom is -0.881 e. The molecule has 0 aromatic carbocycles. The Morgan fingerprint density at radius 1 is 0.210 bits per heavy atom. The molecular formula is C68H144B4N12O16. The zero-order valence-corrected chi connectivity index (χ0v) is 66.1. The predicted molar refractivity (Wildman–Crippen MR) is 381 cm³/mol. The van der Waals surface area contributed by atoms with Crippen molar-refractivity contribution in [2.45, 2.75) is 107 Å². The highest BCUT2D eigenvalue weighted by atomic mass is 16.5. The Kier molecular flexibility index (Phi) is 65.8. The molecule has 0 aromatic heterocycles. The average Bonchev–Trinajstić information content (AvgIpc) is 1.08. The molecule has 32 heteroatoms. The largest absolute Gasteiger partial charge is 0.881 e. The van der Waals surface area contributed by atoms with Crippen molar-refractivity contribution in [1.82, 2.24) is 0 Å². The van der Waals surface area contributed by atoms with E-state index in [0.29, 0.717) is 0 Å². The summed E-state index contributed by atoms with van der Waals surface area (Å²) in [6, 6.07) is 0. The Bertz CT molecular complexity index is 1590. The highest BCUT2D eigenvalue weighted by Gasteiger charge is 2.29. The number of ether oxygens (including phenoxy) is 8. The second-order valence-corrected chi connectivity index (χ2v) is 29.1. The van der Waals surface area contributed by atoms with E-state index < -0.39 is 28.5 Å². The minimum absolute atomic E-state index is 0.917. The van der Waals surface area contributed by atoms with Gasteiger partial charge in [0, 0.05) is 28.5 Å². The summed E-state index contributed by atoms with van der Waals surface area (Å²) < 4.78 is 52.1. The van der Waals surface area contributed by atoms with Crippen molar-refractivity contribution in [3.8, 4) is 23.9 Å². The van der Waals surface area contributed by atoms with Gasteiger partial charge in [-0.25, -0.2) is 21.0 Å². The van der Waals surface area contributed by atoms with Gasteiger partial charge in [0.1, 0.15) is 105 Å². The first kappa shape index (κ1) is 104. The zero-order chi connectivity index (χ0) is 76.7. The first-order valence-electron chi connectivity index (χ1n) is 37.4. The van der Waals surface area contributed by atoms with Crippen LogP contribution in [0.15, 0.2) is 0 Å². The van der Waals surface area contributed by atoms with Crippen molar-refractivity contribution in [3.63, 3.8) is 0 Å². The molecule has 8 heterocycles. The van der Waals surface area contributed by atoms with Gasteiger partial charge < -0.3 is 114 Å². The summed E-state index contributed by atoms with van der Waals surface area (Å²) in [5, 5.41) is 101. The van der Waals surface area contributed by atoms with Gasteiger partial charge in [0.05, 0.1) is 214 Å². The molecule has 100 heavy (non-hydrogen) atoms. The van der Waals surface area contributed by atoms with E-state index in [2.05, 4.69) is 112 Å². The maximum absolute atomic E-state index is 8.98. The van der Waals surface area contributed by atoms with Gasteiger partial charge in [0.15, 0.2) is 0 Å². The van der Waals surface area contributed by atoms with Crippen LogP contribution in [0.5, 0.6) is 0 Å². The minimum atomic E-state index is -2.31. The third kappa shape index (κ3) is 61.6. The molecule has 8 aliphatic heterocycles. The summed E-state index contributed by atoms with van der Waals surface area (Å²) in [5.41, 5.74) is 0. The molecule has 0 unspecified atom stereocenters. The summed E-state index contributed by atoms with van der Waals surface area (Å²) in [4.78, 5) is 0. The first-order valence-corrected chi connectivity index (χ1v) is 37.4. The number of quaternary nitrogens is 8. The molecule has 0 N–H and O–H groups in total. The van der Waals surface area contributed by atoms with Gasteiger partial charge in [-0.15, -0.1) is 0 Å². The fourth-order valence-electron chi connectivity index (χ4n) is 12.4. The van der Waals surface area contributed by atoms with Crippen molar-refractivity contribution in [1.29, 1.82) is 21.0 Å². The van der Waals surface area contributed by atoms with Gasteiger partial charge in [0.2, 0.25) is 0 Å². The third-order valence-electron chi connectivity index (χ3n) is 18.9. The number of nitriles is 4. The van der Waals surface area contributed by atoms with E-state index in [4.69, 9.17) is 99.1 Å². The van der Waals surface area contributed by atoms with Gasteiger partial charge in [-0.3, -0.25) is 0 Å². The molecule has 584 valence electrons. The lowest BCUT2D eigenvalue weighted by molar-refractivity contribution is -0.916. The van der Waals surface area contributed by atoms with E-state index in [1.165, 1.54) is 244 Å². The molecule has 0 radical (unpaired) electrons. The van der Waals surface area contributed by atoms with Crippen LogP contribution in [0.3, 0.4) is 0 Å². The summed E-state index contributed by atoms with van der Waals surface area (Å²) >= 11 is 0. The molecule has 8 saturated heterocycles. The fraction of sp³-hybridized carbons (Fsp3) is 0.941. The highest BCUT2D eigenvalue weighted by molar-refractivity contribution is 6.47. The molecule has 0 aliphatic carbocycles. The molecule has 8 rings (SSSR count). The summed E-state index contributed by atoms with van der Waals surface area (Å²) in [6.07, 6.45) is 10.3. The van der Waals surface area contributed by atoms with Gasteiger partial charge in [0.25, 0.3) is 0 Å². The summed E-state index contributed by atoms with van der Waals surface area (Å²) in [7, 11) is 9.36. The van der Waals surface area contributed by atoms with E-state index in [0.717, 1.165) is 130 Å². The lowest BCUT2D eigenvalue weighted by Gasteiger charge is -2.37. The summed E-state index contributed by atoms with van der Waals surface area (Å²) in [5.74, 6) is 3.67. The first-order chi connectivity index (χ1) is 47.2. The molecule has 0 bridgehead atoms. The second kappa shape index (κ2) is 63.5. The number of hydrogen-bond acceptors (Lipinski definition) is 20. The number of nitrogens with zero attached hydrogens (tertiary/aromatic N) is 12. The van der Waals surface area contributed by atoms with Crippen LogP contribution in [0.1, 0.15) is 107 Å². The van der Waals surface area contributed by atoms with E-state index in [-0.39, 0.29) is 0 Å². The number of likely N-dealkylation sites (N-methyl/N-ethyl adjacent to an activating group) is 8. The van der Waals surface area contributed by atoms with Crippen molar-refractivity contribution in [3.05, 3.63) is 0 Å². The quantitative estimate of drug-likeness (QED) is 0.105. The predicted octanol–water partition coefficient (Wildman–Crippen LogP) is -3.98. The third-order valence-corrected chi connectivity index (χ3v) is 18.9. The van der Waals surface area contributed by atoms with Crippen LogP contribution < -0.4 is 40.2 Å². The summed E-state index contributed by atoms with van der Waals surface area (Å²) in [6.45, 7) is 63.0. The van der Waals surface area contributed by atoms with E-state index in [9.17, 15) is 0 Å². The van der Waals surface area contributed by atoms with E-state index in [1.54, 1.807) is 0 Å². The standard InChI is InChI=1S/8C8H18NO.4CBNO2/c8*1-3-4-9(2)5-7-10-8-6-9;4*3-1-2(4)5/h8*3-8H2,1-2H3;;;;/q8*+1;4*-2. The monoisotopic (exact) mass is 1430 g/mol. The van der Waals surface area contributed by atoms with Gasteiger partial charge >= 0.3 is 0 Å². The molecule has 0 spiro atoms. The Morgan fingerprint density at radius 3 is 0.330 bits per heavy atom. The van der Waals surface area contributed by atoms with Gasteiger partial charge in [-0.2, -0.15) is 0 Å². The Hall–Kier alpha value is -2.74. The normalized spacial score (nSPS) is 20.8. The van der Waals surface area contributed by atoms with Crippen LogP contribution in [-0.2, 0) is 37.9 Å². The number of hydrogen-bond donors (Lipinski definition) is 0. The fourth-order valence-corrected chi connectivity index (χ4v) is 12.4. The zero-order valence-electron chi connectivity index (χ0n) is 66.1. The highest BCUT2D eigenvalue weighted by Crippen LogP contribution is 2.13. The Balaban J connectivity index is -0.000000508.